The zero-order chi connectivity index (χ0) is 25.3. The molecule has 0 bridgehead atoms. The van der Waals surface area contributed by atoms with E-state index in [9.17, 15) is 14.4 Å². The van der Waals surface area contributed by atoms with Crippen LogP contribution in [0.4, 0.5) is 4.79 Å². The summed E-state index contributed by atoms with van der Waals surface area (Å²) in [6.07, 6.45) is 0.722. The summed E-state index contributed by atoms with van der Waals surface area (Å²) in [5.41, 5.74) is 4.26. The van der Waals surface area contributed by atoms with Gasteiger partial charge in [0.05, 0.1) is 0 Å². The SMILES string of the molecule is CC(NC(=O)C1CCC(NC(=O)OCC2c3ccccc3-c3ccccc32)C(C)C1(C)C)C(=O)O. The fourth-order valence-corrected chi connectivity index (χ4v) is 5.64. The summed E-state index contributed by atoms with van der Waals surface area (Å²) < 4.78 is 5.72. The summed E-state index contributed by atoms with van der Waals surface area (Å²) in [4.78, 5) is 36.7. The van der Waals surface area contributed by atoms with Gasteiger partial charge >= 0.3 is 12.1 Å². The Balaban J connectivity index is 1.37. The first-order chi connectivity index (χ1) is 16.6. The summed E-state index contributed by atoms with van der Waals surface area (Å²) in [6.45, 7) is 7.73. The predicted molar refractivity (Wildman–Crippen MR) is 133 cm³/mol. The molecule has 0 saturated heterocycles. The van der Waals surface area contributed by atoms with Crippen LogP contribution in [0.2, 0.25) is 0 Å². The van der Waals surface area contributed by atoms with Crippen molar-refractivity contribution in [3.63, 3.8) is 0 Å². The van der Waals surface area contributed by atoms with E-state index in [1.807, 2.05) is 45.0 Å². The Morgan fingerprint density at radius 1 is 1.03 bits per heavy atom. The van der Waals surface area contributed by atoms with Crippen molar-refractivity contribution in [2.45, 2.75) is 58.5 Å². The van der Waals surface area contributed by atoms with Gasteiger partial charge in [0.2, 0.25) is 5.91 Å². The fourth-order valence-electron chi connectivity index (χ4n) is 5.64. The van der Waals surface area contributed by atoms with Crippen molar-refractivity contribution >= 4 is 18.0 Å². The Morgan fingerprint density at radius 2 is 1.60 bits per heavy atom. The molecule has 4 rings (SSSR count). The number of carbonyl (C=O) groups is 3. The second kappa shape index (κ2) is 9.72. The second-order valence-electron chi connectivity index (χ2n) is 10.4. The molecule has 0 heterocycles. The Labute approximate surface area is 206 Å². The zero-order valence-electron chi connectivity index (χ0n) is 20.7. The van der Waals surface area contributed by atoms with Crippen molar-refractivity contribution in [2.75, 3.05) is 6.61 Å². The molecule has 7 heteroatoms. The van der Waals surface area contributed by atoms with Crippen LogP contribution in [0.5, 0.6) is 0 Å². The molecule has 2 aromatic carbocycles. The molecule has 2 aromatic rings. The van der Waals surface area contributed by atoms with Crippen LogP contribution in [-0.2, 0) is 14.3 Å². The van der Waals surface area contributed by atoms with Gasteiger partial charge in [-0.05, 0) is 53.4 Å². The highest BCUT2D eigenvalue weighted by Gasteiger charge is 2.47. The fraction of sp³-hybridized carbons (Fsp3) is 0.464. The molecule has 7 nitrogen and oxygen atoms in total. The van der Waals surface area contributed by atoms with Gasteiger partial charge in [-0.2, -0.15) is 0 Å². The lowest BCUT2D eigenvalue weighted by Crippen LogP contribution is -2.55. The van der Waals surface area contributed by atoms with Crippen molar-refractivity contribution < 1.29 is 24.2 Å². The van der Waals surface area contributed by atoms with Crippen LogP contribution >= 0.6 is 0 Å². The number of hydrogen-bond acceptors (Lipinski definition) is 4. The Kier molecular flexibility index (Phi) is 6.88. The number of carbonyl (C=O) groups excluding carboxylic acids is 2. The highest BCUT2D eigenvalue weighted by atomic mass is 16.5. The Bertz CT molecular complexity index is 1080. The first kappa shape index (κ1) is 24.8. The summed E-state index contributed by atoms with van der Waals surface area (Å²) in [6, 6.07) is 15.4. The number of carboxylic acids is 1. The van der Waals surface area contributed by atoms with Crippen molar-refractivity contribution in [1.82, 2.24) is 10.6 Å². The second-order valence-corrected chi connectivity index (χ2v) is 10.4. The third kappa shape index (κ3) is 4.77. The largest absolute Gasteiger partial charge is 0.480 e. The number of nitrogens with one attached hydrogen (secondary N) is 2. The molecule has 1 saturated carbocycles. The lowest BCUT2D eigenvalue weighted by Gasteiger charge is -2.47. The molecule has 2 aliphatic rings. The summed E-state index contributed by atoms with van der Waals surface area (Å²) in [7, 11) is 0. The monoisotopic (exact) mass is 478 g/mol. The van der Waals surface area contributed by atoms with Crippen LogP contribution in [0.15, 0.2) is 48.5 Å². The number of fused-ring (bicyclic) bond motifs is 3. The number of alkyl carbamates (subject to hydrolysis) is 1. The average Bonchev–Trinajstić information content (AvgIpc) is 3.14. The number of amides is 2. The number of carboxylic acid groups (broad SMARTS) is 1. The lowest BCUT2D eigenvalue weighted by atomic mass is 9.60. The summed E-state index contributed by atoms with van der Waals surface area (Å²) in [5.74, 6) is -1.66. The lowest BCUT2D eigenvalue weighted by molar-refractivity contribution is -0.144. The van der Waals surface area contributed by atoms with Gasteiger partial charge in [0.1, 0.15) is 12.6 Å². The molecule has 4 unspecified atom stereocenters. The van der Waals surface area contributed by atoms with Gasteiger partial charge in [0.25, 0.3) is 0 Å². The average molecular weight is 479 g/mol. The van der Waals surface area contributed by atoms with Gasteiger partial charge < -0.3 is 20.5 Å². The number of ether oxygens (including phenoxy) is 1. The van der Waals surface area contributed by atoms with Gasteiger partial charge in [0, 0.05) is 17.9 Å². The molecule has 0 radical (unpaired) electrons. The molecule has 0 aromatic heterocycles. The van der Waals surface area contributed by atoms with Crippen LogP contribution in [0, 0.1) is 17.3 Å². The maximum absolute atomic E-state index is 12.8. The molecule has 2 amide bonds. The van der Waals surface area contributed by atoms with Crippen LogP contribution in [0.1, 0.15) is 57.6 Å². The normalized spacial score (nSPS) is 23.5. The maximum Gasteiger partial charge on any atom is 0.407 e. The predicted octanol–water partition coefficient (Wildman–Crippen LogP) is 4.56. The molecule has 3 N–H and O–H groups in total. The quantitative estimate of drug-likeness (QED) is 0.565. The summed E-state index contributed by atoms with van der Waals surface area (Å²) in [5, 5.41) is 14.7. The van der Waals surface area contributed by atoms with E-state index in [2.05, 4.69) is 34.9 Å². The van der Waals surface area contributed by atoms with E-state index in [1.54, 1.807) is 0 Å². The number of rotatable bonds is 6. The molecule has 35 heavy (non-hydrogen) atoms. The van der Waals surface area contributed by atoms with E-state index in [0.717, 1.165) is 11.1 Å². The Hall–Kier alpha value is -3.35. The van der Waals surface area contributed by atoms with Gasteiger partial charge in [-0.25, -0.2) is 4.79 Å². The highest BCUT2D eigenvalue weighted by Crippen LogP contribution is 2.46. The maximum atomic E-state index is 12.8. The number of hydrogen-bond donors (Lipinski definition) is 3. The van der Waals surface area contributed by atoms with Crippen molar-refractivity contribution in [3.05, 3.63) is 59.7 Å². The molecule has 0 spiro atoms. The molecule has 2 aliphatic carbocycles. The van der Waals surface area contributed by atoms with Crippen molar-refractivity contribution in [2.24, 2.45) is 17.3 Å². The smallest absolute Gasteiger partial charge is 0.407 e. The van der Waals surface area contributed by atoms with Gasteiger partial charge in [-0.3, -0.25) is 9.59 Å². The van der Waals surface area contributed by atoms with Crippen molar-refractivity contribution in [1.29, 1.82) is 0 Å². The topological polar surface area (TPSA) is 105 Å². The molecular formula is C28H34N2O5. The van der Waals surface area contributed by atoms with E-state index in [1.165, 1.54) is 18.1 Å². The molecule has 1 fully saturated rings. The molecule has 186 valence electrons. The van der Waals surface area contributed by atoms with Crippen LogP contribution in [0.25, 0.3) is 11.1 Å². The first-order valence-corrected chi connectivity index (χ1v) is 12.3. The minimum absolute atomic E-state index is 0.00216. The summed E-state index contributed by atoms with van der Waals surface area (Å²) >= 11 is 0. The molecular weight excluding hydrogens is 444 g/mol. The third-order valence-corrected chi connectivity index (χ3v) is 8.13. The van der Waals surface area contributed by atoms with E-state index >= 15 is 0 Å². The molecule has 4 atom stereocenters. The van der Waals surface area contributed by atoms with E-state index < -0.39 is 23.5 Å². The zero-order valence-corrected chi connectivity index (χ0v) is 20.7. The van der Waals surface area contributed by atoms with E-state index in [-0.39, 0.29) is 36.3 Å². The van der Waals surface area contributed by atoms with Gasteiger partial charge in [-0.1, -0.05) is 69.3 Å². The molecule has 0 aliphatic heterocycles. The van der Waals surface area contributed by atoms with Gasteiger partial charge in [0.15, 0.2) is 0 Å². The van der Waals surface area contributed by atoms with Gasteiger partial charge in [-0.15, -0.1) is 0 Å². The van der Waals surface area contributed by atoms with E-state index in [0.29, 0.717) is 12.8 Å². The van der Waals surface area contributed by atoms with Crippen LogP contribution in [0.3, 0.4) is 0 Å². The van der Waals surface area contributed by atoms with Crippen molar-refractivity contribution in [3.8, 4) is 11.1 Å². The highest BCUT2D eigenvalue weighted by molar-refractivity contribution is 5.85. The van der Waals surface area contributed by atoms with E-state index in [4.69, 9.17) is 9.84 Å². The standard InChI is InChI=1S/C28H34N2O5/c1-16-24(14-13-23(28(16,3)4)25(31)29-17(2)26(32)33)30-27(34)35-15-22-20-11-7-5-9-18(20)19-10-6-8-12-21(19)22/h5-12,16-17,22-24H,13-15H2,1-4H3,(H,29,31)(H,30,34)(H,32,33). The van der Waals surface area contributed by atoms with Crippen LogP contribution < -0.4 is 10.6 Å². The minimum atomic E-state index is -1.06. The third-order valence-electron chi connectivity index (χ3n) is 8.13. The Morgan fingerprint density at radius 3 is 2.17 bits per heavy atom. The first-order valence-electron chi connectivity index (χ1n) is 12.3. The minimum Gasteiger partial charge on any atom is -0.480 e. The number of benzene rings is 2. The van der Waals surface area contributed by atoms with Crippen LogP contribution in [-0.4, -0.2) is 41.8 Å². The number of aliphatic carboxylic acids is 1.